The second kappa shape index (κ2) is 6.66. The van der Waals surface area contributed by atoms with E-state index in [9.17, 15) is 4.79 Å². The molecule has 0 saturated heterocycles. The number of hydrogen-bond acceptors (Lipinski definition) is 4. The molecular formula is C14H10ClN3O2. The number of halogens is 1. The summed E-state index contributed by atoms with van der Waals surface area (Å²) in [4.78, 5) is 19.8. The predicted molar refractivity (Wildman–Crippen MR) is 75.4 cm³/mol. The summed E-state index contributed by atoms with van der Waals surface area (Å²) in [6.45, 7) is -0.245. The van der Waals surface area contributed by atoms with Crippen molar-refractivity contribution in [3.63, 3.8) is 0 Å². The highest BCUT2D eigenvalue weighted by atomic mass is 35.5. The summed E-state index contributed by atoms with van der Waals surface area (Å²) in [5.74, 6) is 5.21. The fourth-order valence-electron chi connectivity index (χ4n) is 1.44. The number of amides is 1. The maximum atomic E-state index is 12.0. The van der Waals surface area contributed by atoms with Gasteiger partial charge >= 0.3 is 0 Å². The maximum Gasteiger partial charge on any atom is 0.256 e. The Morgan fingerprint density at radius 2 is 2.25 bits per heavy atom. The van der Waals surface area contributed by atoms with Gasteiger partial charge in [-0.15, -0.1) is 0 Å². The zero-order chi connectivity index (χ0) is 14.4. The number of aliphatic hydroxyl groups excluding tert-OH is 1. The van der Waals surface area contributed by atoms with Gasteiger partial charge in [0, 0.05) is 23.5 Å². The van der Waals surface area contributed by atoms with Crippen molar-refractivity contribution in [2.45, 2.75) is 0 Å². The second-order valence-electron chi connectivity index (χ2n) is 3.70. The standard InChI is InChI=1S/C14H10ClN3O2/c15-12-8-11(4-3-10(12)2-1-7-19)14(20)18-13-9-16-5-6-17-13/h3-6,8-9,19H,7H2,(H,17,18,20). The van der Waals surface area contributed by atoms with Gasteiger partial charge in [-0.05, 0) is 18.2 Å². The van der Waals surface area contributed by atoms with Crippen LogP contribution in [0.3, 0.4) is 0 Å². The summed E-state index contributed by atoms with van der Waals surface area (Å²) in [5, 5.41) is 11.6. The third-order valence-electron chi connectivity index (χ3n) is 2.34. The van der Waals surface area contributed by atoms with Crippen LogP contribution in [-0.4, -0.2) is 27.6 Å². The van der Waals surface area contributed by atoms with Gasteiger partial charge in [0.15, 0.2) is 5.82 Å². The monoisotopic (exact) mass is 287 g/mol. The first kappa shape index (κ1) is 14.0. The predicted octanol–water partition coefficient (Wildman–Crippen LogP) is 1.73. The number of carbonyl (C=O) groups is 1. The number of nitrogens with zero attached hydrogens (tertiary/aromatic N) is 2. The lowest BCUT2D eigenvalue weighted by Gasteiger charge is -2.05. The lowest BCUT2D eigenvalue weighted by Crippen LogP contribution is -2.13. The first-order chi connectivity index (χ1) is 9.70. The number of rotatable bonds is 2. The van der Waals surface area contributed by atoms with Crippen molar-refractivity contribution in [3.8, 4) is 11.8 Å². The summed E-state index contributed by atoms with van der Waals surface area (Å²) < 4.78 is 0. The summed E-state index contributed by atoms with van der Waals surface area (Å²) in [5.41, 5.74) is 0.937. The maximum absolute atomic E-state index is 12.0. The number of anilines is 1. The fourth-order valence-corrected chi connectivity index (χ4v) is 1.67. The van der Waals surface area contributed by atoms with E-state index in [1.54, 1.807) is 12.1 Å². The van der Waals surface area contributed by atoms with E-state index in [2.05, 4.69) is 27.1 Å². The Hall–Kier alpha value is -2.42. The Morgan fingerprint density at radius 1 is 1.40 bits per heavy atom. The minimum atomic E-state index is -0.339. The van der Waals surface area contributed by atoms with Gasteiger partial charge in [-0.3, -0.25) is 9.78 Å². The van der Waals surface area contributed by atoms with E-state index < -0.39 is 0 Å². The third kappa shape index (κ3) is 3.54. The zero-order valence-electron chi connectivity index (χ0n) is 10.3. The summed E-state index contributed by atoms with van der Waals surface area (Å²) in [7, 11) is 0. The van der Waals surface area contributed by atoms with E-state index in [1.165, 1.54) is 24.7 Å². The molecule has 0 bridgehead atoms. The molecule has 0 saturated carbocycles. The first-order valence-corrected chi connectivity index (χ1v) is 6.05. The summed E-state index contributed by atoms with van der Waals surface area (Å²) in [6, 6.07) is 4.73. The largest absolute Gasteiger partial charge is 0.384 e. The molecule has 2 aromatic rings. The van der Waals surface area contributed by atoms with Crippen LogP contribution < -0.4 is 5.32 Å². The van der Waals surface area contributed by atoms with E-state index in [0.717, 1.165) is 0 Å². The molecule has 0 unspecified atom stereocenters. The molecule has 0 radical (unpaired) electrons. The Balaban J connectivity index is 2.17. The highest BCUT2D eigenvalue weighted by molar-refractivity contribution is 6.32. The molecule has 100 valence electrons. The van der Waals surface area contributed by atoms with Gasteiger partial charge in [0.1, 0.15) is 6.61 Å². The molecular weight excluding hydrogens is 278 g/mol. The van der Waals surface area contributed by atoms with Crippen molar-refractivity contribution in [2.24, 2.45) is 0 Å². The molecule has 0 atom stereocenters. The van der Waals surface area contributed by atoms with Gasteiger partial charge in [-0.2, -0.15) is 0 Å². The minimum Gasteiger partial charge on any atom is -0.384 e. The van der Waals surface area contributed by atoms with Gasteiger partial charge in [-0.1, -0.05) is 23.4 Å². The van der Waals surface area contributed by atoms with Crippen LogP contribution in [0.4, 0.5) is 5.82 Å². The molecule has 1 amide bonds. The SMILES string of the molecule is O=C(Nc1cnccn1)c1ccc(C#CCO)c(Cl)c1. The Morgan fingerprint density at radius 3 is 2.90 bits per heavy atom. The van der Waals surface area contributed by atoms with Crippen molar-refractivity contribution in [1.82, 2.24) is 9.97 Å². The topological polar surface area (TPSA) is 75.1 Å². The first-order valence-electron chi connectivity index (χ1n) is 5.67. The molecule has 2 rings (SSSR count). The molecule has 5 nitrogen and oxygen atoms in total. The Kier molecular flexibility index (Phi) is 4.66. The fraction of sp³-hybridized carbons (Fsp3) is 0.0714. The third-order valence-corrected chi connectivity index (χ3v) is 2.65. The van der Waals surface area contributed by atoms with Gasteiger partial charge in [0.05, 0.1) is 11.2 Å². The second-order valence-corrected chi connectivity index (χ2v) is 4.11. The van der Waals surface area contributed by atoms with E-state index in [1.807, 2.05) is 0 Å². The molecule has 2 N–H and O–H groups in total. The van der Waals surface area contributed by atoms with Gasteiger partial charge in [-0.25, -0.2) is 4.98 Å². The van der Waals surface area contributed by atoms with Crippen molar-refractivity contribution < 1.29 is 9.90 Å². The molecule has 0 aliphatic heterocycles. The Labute approximate surface area is 120 Å². The van der Waals surface area contributed by atoms with Crippen LogP contribution in [-0.2, 0) is 0 Å². The number of hydrogen-bond donors (Lipinski definition) is 2. The van der Waals surface area contributed by atoms with Crippen LogP contribution >= 0.6 is 11.6 Å². The summed E-state index contributed by atoms with van der Waals surface area (Å²) in [6.07, 6.45) is 4.44. The molecule has 1 heterocycles. The number of benzene rings is 1. The van der Waals surface area contributed by atoms with Crippen molar-refractivity contribution in [2.75, 3.05) is 11.9 Å². The van der Waals surface area contributed by atoms with Crippen molar-refractivity contribution in [3.05, 3.63) is 52.9 Å². The smallest absolute Gasteiger partial charge is 0.256 e. The van der Waals surface area contributed by atoms with Crippen LogP contribution in [0.15, 0.2) is 36.8 Å². The van der Waals surface area contributed by atoms with Crippen molar-refractivity contribution >= 4 is 23.3 Å². The highest BCUT2D eigenvalue weighted by Gasteiger charge is 2.09. The number of aliphatic hydroxyl groups is 1. The van der Waals surface area contributed by atoms with Gasteiger partial charge < -0.3 is 10.4 Å². The molecule has 0 aliphatic carbocycles. The normalized spacial score (nSPS) is 9.50. The van der Waals surface area contributed by atoms with Crippen LogP contribution in [0, 0.1) is 11.8 Å². The van der Waals surface area contributed by atoms with Crippen LogP contribution in [0.5, 0.6) is 0 Å². The lowest BCUT2D eigenvalue weighted by molar-refractivity contribution is 0.102. The number of carbonyl (C=O) groups excluding carboxylic acids is 1. The minimum absolute atomic E-state index is 0.245. The molecule has 0 spiro atoms. The molecule has 20 heavy (non-hydrogen) atoms. The van der Waals surface area contributed by atoms with E-state index in [0.29, 0.717) is 22.0 Å². The lowest BCUT2D eigenvalue weighted by atomic mass is 10.1. The Bertz CT molecular complexity index is 678. The molecule has 0 aliphatic rings. The van der Waals surface area contributed by atoms with E-state index in [-0.39, 0.29) is 12.5 Å². The van der Waals surface area contributed by atoms with E-state index >= 15 is 0 Å². The molecule has 0 fully saturated rings. The average Bonchev–Trinajstić information content (AvgIpc) is 2.47. The number of nitrogens with one attached hydrogen (secondary N) is 1. The molecule has 6 heteroatoms. The van der Waals surface area contributed by atoms with Gasteiger partial charge in [0.25, 0.3) is 5.91 Å². The average molecular weight is 288 g/mol. The zero-order valence-corrected chi connectivity index (χ0v) is 11.1. The van der Waals surface area contributed by atoms with Gasteiger partial charge in [0.2, 0.25) is 0 Å². The summed E-state index contributed by atoms with van der Waals surface area (Å²) >= 11 is 6.02. The van der Waals surface area contributed by atoms with Crippen LogP contribution in [0.25, 0.3) is 0 Å². The highest BCUT2D eigenvalue weighted by Crippen LogP contribution is 2.17. The molecule has 1 aromatic carbocycles. The van der Waals surface area contributed by atoms with Crippen LogP contribution in [0.1, 0.15) is 15.9 Å². The number of aromatic nitrogens is 2. The quantitative estimate of drug-likeness (QED) is 0.825. The van der Waals surface area contributed by atoms with E-state index in [4.69, 9.17) is 16.7 Å². The van der Waals surface area contributed by atoms with Crippen molar-refractivity contribution in [1.29, 1.82) is 0 Å². The molecule has 1 aromatic heterocycles. The van der Waals surface area contributed by atoms with Crippen LogP contribution in [0.2, 0.25) is 5.02 Å².